The molecule has 11 heteroatoms. The van der Waals surface area contributed by atoms with Crippen LogP contribution >= 0.6 is 0 Å². The number of carbonyl (C=O) groups excluding carboxylic acids is 3. The molecule has 0 unspecified atom stereocenters. The minimum atomic E-state index is -3.35. The van der Waals surface area contributed by atoms with E-state index in [1.807, 2.05) is 13.8 Å². The van der Waals surface area contributed by atoms with Crippen molar-refractivity contribution in [3.63, 3.8) is 0 Å². The number of rotatable bonds is 4. The van der Waals surface area contributed by atoms with Crippen LogP contribution in [0.1, 0.15) is 104 Å². The van der Waals surface area contributed by atoms with Crippen LogP contribution in [0.25, 0.3) is 11.0 Å². The maximum Gasteiger partial charge on any atom is 0.307 e. The zero-order valence-electron chi connectivity index (χ0n) is 27.9. The number of esters is 1. The average Bonchev–Trinajstić information content (AvgIpc) is 3.54. The van der Waals surface area contributed by atoms with E-state index >= 15 is 8.78 Å². The fourth-order valence-electron chi connectivity index (χ4n) is 8.38. The lowest BCUT2D eigenvalue weighted by Gasteiger charge is -2.41. The lowest BCUT2D eigenvalue weighted by atomic mass is 9.65. The Balaban J connectivity index is 1.42. The summed E-state index contributed by atoms with van der Waals surface area (Å²) in [7, 11) is 1.51. The second-order valence-corrected chi connectivity index (χ2v) is 14.7. The zero-order valence-corrected chi connectivity index (χ0v) is 27.9. The summed E-state index contributed by atoms with van der Waals surface area (Å²) >= 11 is 0. The van der Waals surface area contributed by atoms with Gasteiger partial charge in [-0.1, -0.05) is 39.5 Å². The van der Waals surface area contributed by atoms with Gasteiger partial charge in [-0.15, -0.1) is 0 Å². The van der Waals surface area contributed by atoms with Crippen LogP contribution in [0, 0.1) is 23.2 Å². The van der Waals surface area contributed by atoms with E-state index < -0.39 is 59.0 Å². The van der Waals surface area contributed by atoms with Gasteiger partial charge < -0.3 is 23.9 Å². The lowest BCUT2D eigenvalue weighted by Crippen LogP contribution is -2.48. The van der Waals surface area contributed by atoms with E-state index in [1.165, 1.54) is 12.0 Å². The molecule has 9 nitrogen and oxygen atoms in total. The molecule has 2 saturated carbocycles. The fraction of sp³-hybridized carbons (Fsp3) is 0.694. The van der Waals surface area contributed by atoms with Crippen molar-refractivity contribution in [2.75, 3.05) is 13.7 Å². The first-order valence-corrected chi connectivity index (χ1v) is 17.3. The molecular weight excluding hydrogens is 608 g/mol. The number of carbonyl (C=O) groups is 3. The second kappa shape index (κ2) is 12.9. The summed E-state index contributed by atoms with van der Waals surface area (Å²) in [6.45, 7) is 5.85. The largest absolute Gasteiger partial charge is 0.497 e. The number of fused-ring (bicyclic) bond motifs is 5. The Morgan fingerprint density at radius 3 is 2.49 bits per heavy atom. The van der Waals surface area contributed by atoms with Crippen molar-refractivity contribution in [2.24, 2.45) is 23.2 Å². The molecule has 2 aromatic rings. The van der Waals surface area contributed by atoms with E-state index in [4.69, 9.17) is 14.2 Å². The summed E-state index contributed by atoms with van der Waals surface area (Å²) in [4.78, 5) is 51.2. The highest BCUT2D eigenvalue weighted by atomic mass is 19.3. The number of aldehydes is 1. The van der Waals surface area contributed by atoms with Crippen molar-refractivity contribution in [3.8, 4) is 11.6 Å². The monoisotopic (exact) mass is 655 g/mol. The summed E-state index contributed by atoms with van der Waals surface area (Å²) in [6.07, 6.45) is 6.58. The lowest BCUT2D eigenvalue weighted by molar-refractivity contribution is -0.159. The third-order valence-electron chi connectivity index (χ3n) is 11.5. The average molecular weight is 656 g/mol. The van der Waals surface area contributed by atoms with Gasteiger partial charge in [0.1, 0.15) is 23.7 Å². The molecule has 2 bridgehead atoms. The standard InChI is InChI=1S/C36H47F2N3O6/c1-5-24-28(21-42)41-20-29(24)46-32-31(39-26-13-12-23(45-4)17-27(26)40-32)36(37,38)16-10-7-11-22-19-35(22,3)47-30(43)18-25(33(41)44)34(2)14-8-6-9-15-34/h12-13,17,21-22,24-25,28-29H,5-11,14-16,18-20H2,1-4H3/t22-,24+,25-,28-,29+,35-/m1/s1. The molecule has 6 atom stereocenters. The normalized spacial score (nSPS) is 32.6. The van der Waals surface area contributed by atoms with Gasteiger partial charge in [0.05, 0.1) is 43.1 Å². The first kappa shape index (κ1) is 33.5. The number of ether oxygens (including phenoxy) is 3. The number of hydrogen-bond acceptors (Lipinski definition) is 8. The summed E-state index contributed by atoms with van der Waals surface area (Å²) in [5.41, 5.74) is -1.02. The van der Waals surface area contributed by atoms with E-state index in [0.717, 1.165) is 38.4 Å². The molecule has 2 aliphatic heterocycles. The molecule has 1 saturated heterocycles. The number of aromatic nitrogens is 2. The van der Waals surface area contributed by atoms with Crippen molar-refractivity contribution in [3.05, 3.63) is 23.9 Å². The highest BCUT2D eigenvalue weighted by molar-refractivity contribution is 5.87. The molecule has 256 valence electrons. The fourth-order valence-corrected chi connectivity index (χ4v) is 8.38. The van der Waals surface area contributed by atoms with Crippen LogP contribution < -0.4 is 9.47 Å². The molecule has 0 N–H and O–H groups in total. The smallest absolute Gasteiger partial charge is 0.307 e. The highest BCUT2D eigenvalue weighted by Gasteiger charge is 2.55. The molecular formula is C36H47F2N3O6. The van der Waals surface area contributed by atoms with Crippen LogP contribution in [-0.4, -0.2) is 64.4 Å². The molecule has 1 amide bonds. The number of alkyl halides is 2. The predicted molar refractivity (Wildman–Crippen MR) is 170 cm³/mol. The molecule has 0 spiro atoms. The van der Waals surface area contributed by atoms with Gasteiger partial charge in [-0.3, -0.25) is 9.59 Å². The second-order valence-electron chi connectivity index (χ2n) is 14.7. The molecule has 6 rings (SSSR count). The van der Waals surface area contributed by atoms with Crippen molar-refractivity contribution in [1.29, 1.82) is 0 Å². The van der Waals surface area contributed by atoms with E-state index in [1.54, 1.807) is 18.2 Å². The number of nitrogens with zero attached hydrogens (tertiary/aromatic N) is 3. The molecule has 1 aromatic heterocycles. The maximum absolute atomic E-state index is 16.1. The Kier molecular flexibility index (Phi) is 9.21. The van der Waals surface area contributed by atoms with Gasteiger partial charge in [0.2, 0.25) is 11.8 Å². The number of methoxy groups -OCH3 is 1. The van der Waals surface area contributed by atoms with Crippen LogP contribution in [0.15, 0.2) is 18.2 Å². The van der Waals surface area contributed by atoms with E-state index in [0.29, 0.717) is 36.9 Å². The van der Waals surface area contributed by atoms with Crippen LogP contribution in [0.4, 0.5) is 8.78 Å². The zero-order chi connectivity index (χ0) is 33.6. The first-order valence-electron chi connectivity index (χ1n) is 17.3. The summed E-state index contributed by atoms with van der Waals surface area (Å²) < 4.78 is 49.8. The molecule has 2 aliphatic carbocycles. The van der Waals surface area contributed by atoms with Crippen molar-refractivity contribution in [1.82, 2.24) is 14.9 Å². The summed E-state index contributed by atoms with van der Waals surface area (Å²) in [5.74, 6) is -4.92. The number of benzene rings is 1. The minimum absolute atomic E-state index is 0.00496. The number of halogens is 2. The first-order chi connectivity index (χ1) is 22.4. The highest BCUT2D eigenvalue weighted by Crippen LogP contribution is 2.52. The van der Waals surface area contributed by atoms with Gasteiger partial charge >= 0.3 is 5.97 Å². The number of hydrogen-bond donors (Lipinski definition) is 0. The Morgan fingerprint density at radius 1 is 1.04 bits per heavy atom. The Hall–Kier alpha value is -3.37. The van der Waals surface area contributed by atoms with Gasteiger partial charge in [0.15, 0.2) is 5.69 Å². The van der Waals surface area contributed by atoms with Crippen LogP contribution in [0.3, 0.4) is 0 Å². The third-order valence-corrected chi connectivity index (χ3v) is 11.5. The van der Waals surface area contributed by atoms with Crippen LogP contribution in [0.2, 0.25) is 0 Å². The van der Waals surface area contributed by atoms with Crippen molar-refractivity contribution < 1.29 is 37.4 Å². The van der Waals surface area contributed by atoms with Gasteiger partial charge in [0.25, 0.3) is 5.92 Å². The number of amides is 1. The van der Waals surface area contributed by atoms with Crippen molar-refractivity contribution >= 4 is 29.2 Å². The SMILES string of the molecule is CC[C@@H]1[C@@H]2CN(C(=O)[C@H](C3(C)CCCCC3)CC(=O)O[C@]3(C)C[C@H]3CCCCC(F)(F)c3nc4ccc(OC)cc4nc3O2)[C@@H]1C=O. The summed E-state index contributed by atoms with van der Waals surface area (Å²) in [5, 5.41) is 0. The quantitative estimate of drug-likeness (QED) is 0.262. The Labute approximate surface area is 275 Å². The molecule has 3 fully saturated rings. The van der Waals surface area contributed by atoms with Crippen molar-refractivity contribution in [2.45, 2.75) is 121 Å². The molecule has 1 aromatic carbocycles. The maximum atomic E-state index is 16.1. The van der Waals surface area contributed by atoms with E-state index in [9.17, 15) is 14.4 Å². The molecule has 4 aliphatic rings. The van der Waals surface area contributed by atoms with Crippen LogP contribution in [0.5, 0.6) is 11.6 Å². The predicted octanol–water partition coefficient (Wildman–Crippen LogP) is 6.79. The van der Waals surface area contributed by atoms with Gasteiger partial charge in [0, 0.05) is 24.3 Å². The molecule has 0 radical (unpaired) electrons. The van der Waals surface area contributed by atoms with E-state index in [2.05, 4.69) is 16.9 Å². The third kappa shape index (κ3) is 6.55. The summed E-state index contributed by atoms with van der Waals surface area (Å²) in [6, 6.07) is 4.02. The van der Waals surface area contributed by atoms with Crippen LogP contribution in [-0.2, 0) is 25.0 Å². The molecule has 3 heterocycles. The molecule has 47 heavy (non-hydrogen) atoms. The van der Waals surface area contributed by atoms with Gasteiger partial charge in [-0.05, 0) is 63.0 Å². The minimum Gasteiger partial charge on any atom is -0.497 e. The Morgan fingerprint density at radius 2 is 1.79 bits per heavy atom. The van der Waals surface area contributed by atoms with Gasteiger partial charge in [-0.25, -0.2) is 9.97 Å². The van der Waals surface area contributed by atoms with Gasteiger partial charge in [-0.2, -0.15) is 8.78 Å². The Bertz CT molecular complexity index is 1510. The topological polar surface area (TPSA) is 108 Å². The van der Waals surface area contributed by atoms with E-state index in [-0.39, 0.29) is 42.6 Å².